The first-order chi connectivity index (χ1) is 27.7. The van der Waals surface area contributed by atoms with Crippen LogP contribution in [0.3, 0.4) is 0 Å². The fourth-order valence-corrected chi connectivity index (χ4v) is 7.65. The van der Waals surface area contributed by atoms with Crippen molar-refractivity contribution >= 4 is 42.1 Å². The second-order valence-electron chi connectivity index (χ2n) is 14.2. The van der Waals surface area contributed by atoms with Crippen LogP contribution < -0.4 is 15.5 Å². The SMILES string of the molecule is Cc1nnc2n1-c1ccc(OCC(=O)NCc3ccc(F)c(C4CCN(C(=O)c5cccc(-c6cccc([B]O)c6)c5)CC4)c3)cc1C(c1ccc(Cl)cc1)=NC2. The molecule has 10 nitrogen and oxygen atoms in total. The van der Waals surface area contributed by atoms with Crippen LogP contribution in [-0.4, -0.2) is 69.4 Å². The second-order valence-corrected chi connectivity index (χ2v) is 14.6. The Morgan fingerprint density at radius 3 is 2.47 bits per heavy atom. The summed E-state index contributed by atoms with van der Waals surface area (Å²) in [5, 5.41) is 21.5. The van der Waals surface area contributed by atoms with Crippen molar-refractivity contribution in [2.24, 2.45) is 4.99 Å². The highest BCUT2D eigenvalue weighted by Crippen LogP contribution is 2.32. The predicted octanol–water partition coefficient (Wildman–Crippen LogP) is 6.34. The molecule has 0 spiro atoms. The van der Waals surface area contributed by atoms with Crippen LogP contribution in [0.25, 0.3) is 16.8 Å². The summed E-state index contributed by atoms with van der Waals surface area (Å²) in [7, 11) is 1.05. The summed E-state index contributed by atoms with van der Waals surface area (Å²) in [6.07, 6.45) is 1.23. The Labute approximate surface area is 335 Å². The van der Waals surface area contributed by atoms with Gasteiger partial charge >= 0.3 is 7.48 Å². The van der Waals surface area contributed by atoms with Gasteiger partial charge in [0.25, 0.3) is 11.8 Å². The number of carbonyl (C=O) groups is 2. The Morgan fingerprint density at radius 2 is 1.68 bits per heavy atom. The molecule has 0 atom stereocenters. The fraction of sp³-hybridized carbons (Fsp3) is 0.205. The quantitative estimate of drug-likeness (QED) is 0.157. The maximum Gasteiger partial charge on any atom is 0.326 e. The van der Waals surface area contributed by atoms with Crippen molar-refractivity contribution in [1.82, 2.24) is 25.0 Å². The number of carbonyl (C=O) groups excluding carboxylic acids is 2. The number of hydrogen-bond donors (Lipinski definition) is 2. The van der Waals surface area contributed by atoms with Crippen molar-refractivity contribution in [3.05, 3.63) is 160 Å². The molecule has 5 aromatic carbocycles. The number of nitrogens with one attached hydrogen (secondary N) is 1. The van der Waals surface area contributed by atoms with E-state index < -0.39 is 0 Å². The molecule has 13 heteroatoms. The van der Waals surface area contributed by atoms with Gasteiger partial charge in [0.05, 0.1) is 11.4 Å². The number of likely N-dealkylation sites (tertiary alicyclic amines) is 1. The molecule has 57 heavy (non-hydrogen) atoms. The molecule has 1 fully saturated rings. The maximum atomic E-state index is 15.2. The molecule has 2 aliphatic rings. The van der Waals surface area contributed by atoms with E-state index in [1.165, 1.54) is 6.07 Å². The van der Waals surface area contributed by atoms with Gasteiger partial charge in [-0.3, -0.25) is 19.1 Å². The highest BCUT2D eigenvalue weighted by molar-refractivity contribution is 6.45. The number of halogens is 2. The third-order valence-corrected chi connectivity index (χ3v) is 10.7. The molecule has 3 heterocycles. The molecule has 2 N–H and O–H groups in total. The molecule has 2 aliphatic heterocycles. The van der Waals surface area contributed by atoms with Crippen molar-refractivity contribution in [1.29, 1.82) is 0 Å². The van der Waals surface area contributed by atoms with Gasteiger partial charge in [0, 0.05) is 41.3 Å². The second kappa shape index (κ2) is 16.6. The van der Waals surface area contributed by atoms with E-state index in [4.69, 9.17) is 21.3 Å². The lowest BCUT2D eigenvalue weighted by molar-refractivity contribution is -0.123. The van der Waals surface area contributed by atoms with E-state index >= 15 is 4.39 Å². The number of ether oxygens (including phenoxy) is 1. The van der Waals surface area contributed by atoms with Gasteiger partial charge < -0.3 is 20.0 Å². The summed E-state index contributed by atoms with van der Waals surface area (Å²) < 4.78 is 23.1. The van der Waals surface area contributed by atoms with Crippen molar-refractivity contribution < 1.29 is 23.7 Å². The number of hydrogen-bond acceptors (Lipinski definition) is 7. The Balaban J connectivity index is 0.882. The molecular weight excluding hydrogens is 742 g/mol. The number of amides is 2. The van der Waals surface area contributed by atoms with Gasteiger partial charge in [-0.15, -0.1) is 10.2 Å². The number of benzene rings is 5. The average molecular weight is 780 g/mol. The monoisotopic (exact) mass is 779 g/mol. The van der Waals surface area contributed by atoms with Crippen LogP contribution in [0.4, 0.5) is 4.39 Å². The van der Waals surface area contributed by atoms with Crippen LogP contribution >= 0.6 is 11.6 Å². The van der Waals surface area contributed by atoms with Crippen LogP contribution in [0.5, 0.6) is 5.75 Å². The first-order valence-electron chi connectivity index (χ1n) is 18.7. The molecule has 6 aromatic rings. The summed E-state index contributed by atoms with van der Waals surface area (Å²) in [5.74, 6) is 1.18. The lowest BCUT2D eigenvalue weighted by Crippen LogP contribution is -2.38. The van der Waals surface area contributed by atoms with Gasteiger partial charge in [0.15, 0.2) is 12.4 Å². The minimum absolute atomic E-state index is 0.0654. The lowest BCUT2D eigenvalue weighted by atomic mass is 9.86. The zero-order valence-electron chi connectivity index (χ0n) is 31.2. The molecule has 0 bridgehead atoms. The Hall–Kier alpha value is -6.11. The molecule has 0 saturated carbocycles. The zero-order chi connectivity index (χ0) is 39.5. The van der Waals surface area contributed by atoms with Crippen LogP contribution in [0, 0.1) is 12.7 Å². The smallest absolute Gasteiger partial charge is 0.326 e. The summed E-state index contributed by atoms with van der Waals surface area (Å²) in [4.78, 5) is 33.2. The van der Waals surface area contributed by atoms with Gasteiger partial charge in [-0.25, -0.2) is 4.39 Å². The highest BCUT2D eigenvalue weighted by Gasteiger charge is 2.27. The minimum Gasteiger partial charge on any atom is -0.484 e. The largest absolute Gasteiger partial charge is 0.484 e. The standard InChI is InChI=1S/C44H38BClFN6O4/c1-27-50-51-41-25-49-43(30-9-11-35(46)12-10-30)38-23-36(13-15-40(38)53(27)41)57-26-42(54)48-24-28-8-14-39(47)37(20-28)29-16-18-52(19-17-29)44(55)33-6-2-4-31(21-33)32-5-3-7-34(22-32)45-56/h2-15,20-23,29,56H,16-19,24-26H2,1H3,(H,48,54). The summed E-state index contributed by atoms with van der Waals surface area (Å²) in [6, 6.07) is 32.9. The topological polar surface area (TPSA) is 122 Å². The maximum absolute atomic E-state index is 15.2. The van der Waals surface area contributed by atoms with Crippen molar-refractivity contribution in [3.63, 3.8) is 0 Å². The van der Waals surface area contributed by atoms with E-state index in [1.807, 2.05) is 95.3 Å². The molecule has 1 radical (unpaired) electrons. The molecule has 2 amide bonds. The van der Waals surface area contributed by atoms with E-state index in [2.05, 4.69) is 15.5 Å². The first kappa shape index (κ1) is 37.8. The van der Waals surface area contributed by atoms with E-state index in [0.717, 1.165) is 58.3 Å². The van der Waals surface area contributed by atoms with Gasteiger partial charge in [0.2, 0.25) is 0 Å². The molecular formula is C44H38BClFN6O4. The molecule has 1 saturated heterocycles. The van der Waals surface area contributed by atoms with Crippen molar-refractivity contribution in [3.8, 4) is 22.6 Å². The predicted molar refractivity (Wildman–Crippen MR) is 218 cm³/mol. The average Bonchev–Trinajstić information content (AvgIpc) is 3.53. The van der Waals surface area contributed by atoms with Gasteiger partial charge in [-0.2, -0.15) is 0 Å². The summed E-state index contributed by atoms with van der Waals surface area (Å²) in [5.41, 5.74) is 7.69. The Morgan fingerprint density at radius 1 is 0.912 bits per heavy atom. The van der Waals surface area contributed by atoms with Crippen LogP contribution in [0.2, 0.25) is 5.02 Å². The van der Waals surface area contributed by atoms with Crippen LogP contribution in [0.1, 0.15) is 63.0 Å². The number of rotatable bonds is 10. The lowest BCUT2D eigenvalue weighted by Gasteiger charge is -2.32. The number of fused-ring (bicyclic) bond motifs is 3. The highest BCUT2D eigenvalue weighted by atomic mass is 35.5. The number of nitrogens with zero attached hydrogens (tertiary/aromatic N) is 5. The van der Waals surface area contributed by atoms with E-state index in [1.54, 1.807) is 24.3 Å². The van der Waals surface area contributed by atoms with E-state index in [9.17, 15) is 14.6 Å². The van der Waals surface area contributed by atoms with Gasteiger partial charge in [-0.1, -0.05) is 77.7 Å². The van der Waals surface area contributed by atoms with Gasteiger partial charge in [0.1, 0.15) is 23.9 Å². The number of aromatic nitrogens is 3. The van der Waals surface area contributed by atoms with Crippen molar-refractivity contribution in [2.75, 3.05) is 19.7 Å². The number of aryl methyl sites for hydroxylation is 1. The molecule has 8 rings (SSSR count). The number of aliphatic imine (C=N–C) groups is 1. The van der Waals surface area contributed by atoms with E-state index in [0.29, 0.717) is 59.8 Å². The molecule has 0 unspecified atom stereocenters. The van der Waals surface area contributed by atoms with Crippen molar-refractivity contribution in [2.45, 2.75) is 38.8 Å². The summed E-state index contributed by atoms with van der Waals surface area (Å²) in [6.45, 7) is 3.21. The van der Waals surface area contributed by atoms with E-state index in [-0.39, 0.29) is 36.7 Å². The zero-order valence-corrected chi connectivity index (χ0v) is 31.9. The van der Waals surface area contributed by atoms with Gasteiger partial charge in [-0.05, 0) is 96.5 Å². The third kappa shape index (κ3) is 8.23. The Kier molecular flexibility index (Phi) is 11.0. The normalized spacial score (nSPS) is 13.9. The van der Waals surface area contributed by atoms with Crippen LogP contribution in [-0.2, 0) is 17.9 Å². The summed E-state index contributed by atoms with van der Waals surface area (Å²) >= 11 is 6.17. The molecule has 1 aromatic heterocycles. The molecule has 0 aliphatic carbocycles. The minimum atomic E-state index is -0.324. The third-order valence-electron chi connectivity index (χ3n) is 10.5. The molecule has 285 valence electrons. The number of piperidine rings is 1. The fourth-order valence-electron chi connectivity index (χ4n) is 7.52. The van der Waals surface area contributed by atoms with Crippen LogP contribution in [0.15, 0.2) is 114 Å². The Bertz CT molecular complexity index is 2500. The first-order valence-corrected chi connectivity index (χ1v) is 19.1.